The van der Waals surface area contributed by atoms with Crippen LogP contribution >= 0.6 is 23.2 Å². The van der Waals surface area contributed by atoms with Crippen molar-refractivity contribution >= 4 is 45.1 Å². The maximum atomic E-state index is 11.9. The van der Waals surface area contributed by atoms with E-state index in [9.17, 15) is 18.0 Å². The molecular weight excluding hydrogens is 371 g/mol. The number of amides is 1. The van der Waals surface area contributed by atoms with Crippen molar-refractivity contribution in [1.82, 2.24) is 9.62 Å². The number of aliphatic carboxylic acids is 1. The third-order valence-electron chi connectivity index (χ3n) is 2.53. The van der Waals surface area contributed by atoms with Crippen molar-refractivity contribution in [1.29, 1.82) is 0 Å². The zero-order valence-corrected chi connectivity index (χ0v) is 14.5. The van der Waals surface area contributed by atoms with Gasteiger partial charge in [-0.25, -0.2) is 8.42 Å². The Labute approximate surface area is 143 Å². The highest BCUT2D eigenvalue weighted by Gasteiger charge is 2.20. The second kappa shape index (κ2) is 7.82. The SMILES string of the molecule is CN(C)C(=O)COc1c(Cl)cc(S(=O)(=O)NCC(=O)O)cc1Cl. The van der Waals surface area contributed by atoms with Crippen LogP contribution in [0.3, 0.4) is 0 Å². The van der Waals surface area contributed by atoms with Gasteiger partial charge < -0.3 is 14.7 Å². The molecule has 0 aliphatic carbocycles. The Morgan fingerprint density at radius 1 is 1.26 bits per heavy atom. The second-order valence-corrected chi connectivity index (χ2v) is 7.09. The fourth-order valence-corrected chi connectivity index (χ4v) is 3.08. The lowest BCUT2D eigenvalue weighted by Gasteiger charge is -2.14. The summed E-state index contributed by atoms with van der Waals surface area (Å²) < 4.78 is 30.9. The predicted molar refractivity (Wildman–Crippen MR) is 83.5 cm³/mol. The number of nitrogens with zero attached hydrogens (tertiary/aromatic N) is 1. The van der Waals surface area contributed by atoms with Crippen molar-refractivity contribution < 1.29 is 27.9 Å². The highest BCUT2D eigenvalue weighted by molar-refractivity contribution is 7.89. The monoisotopic (exact) mass is 384 g/mol. The fourth-order valence-electron chi connectivity index (χ4n) is 1.33. The zero-order chi connectivity index (χ0) is 17.8. The van der Waals surface area contributed by atoms with E-state index in [2.05, 4.69) is 0 Å². The molecule has 0 fully saturated rings. The maximum Gasteiger partial charge on any atom is 0.318 e. The second-order valence-electron chi connectivity index (χ2n) is 4.51. The molecule has 0 bridgehead atoms. The number of carbonyl (C=O) groups is 2. The summed E-state index contributed by atoms with van der Waals surface area (Å²) in [7, 11) is -1.01. The summed E-state index contributed by atoms with van der Waals surface area (Å²) in [5.41, 5.74) is 0. The molecule has 0 saturated heterocycles. The summed E-state index contributed by atoms with van der Waals surface area (Å²) in [5, 5.41) is 8.26. The number of halogens is 2. The van der Waals surface area contributed by atoms with Crippen molar-refractivity contribution in [3.63, 3.8) is 0 Å². The van der Waals surface area contributed by atoms with E-state index in [1.54, 1.807) is 14.1 Å². The molecule has 0 aliphatic heterocycles. The van der Waals surface area contributed by atoms with Gasteiger partial charge in [0, 0.05) is 14.1 Å². The first kappa shape index (κ1) is 19.5. The van der Waals surface area contributed by atoms with Crippen LogP contribution in [0.25, 0.3) is 0 Å². The van der Waals surface area contributed by atoms with Crippen molar-refractivity contribution in [2.45, 2.75) is 4.90 Å². The van der Waals surface area contributed by atoms with E-state index in [-0.39, 0.29) is 33.2 Å². The molecule has 2 N–H and O–H groups in total. The van der Waals surface area contributed by atoms with Crippen LogP contribution in [0, 0.1) is 0 Å². The summed E-state index contributed by atoms with van der Waals surface area (Å²) in [4.78, 5) is 22.9. The molecule has 0 aromatic heterocycles. The molecule has 1 aromatic rings. The molecule has 0 heterocycles. The molecule has 0 radical (unpaired) electrons. The van der Waals surface area contributed by atoms with Gasteiger partial charge >= 0.3 is 5.97 Å². The fraction of sp³-hybridized carbons (Fsp3) is 0.333. The van der Waals surface area contributed by atoms with Crippen LogP contribution in [-0.4, -0.2) is 57.5 Å². The van der Waals surface area contributed by atoms with E-state index < -0.39 is 22.5 Å². The number of likely N-dealkylation sites (N-methyl/N-ethyl adjacent to an activating group) is 1. The molecule has 11 heteroatoms. The van der Waals surface area contributed by atoms with E-state index >= 15 is 0 Å². The van der Waals surface area contributed by atoms with Crippen molar-refractivity contribution in [3.05, 3.63) is 22.2 Å². The largest absolute Gasteiger partial charge is 0.481 e. The topological polar surface area (TPSA) is 113 Å². The first-order chi connectivity index (χ1) is 10.5. The van der Waals surface area contributed by atoms with Gasteiger partial charge in [-0.2, -0.15) is 4.72 Å². The van der Waals surface area contributed by atoms with Gasteiger partial charge in [0.25, 0.3) is 5.91 Å². The molecule has 0 unspecified atom stereocenters. The van der Waals surface area contributed by atoms with Gasteiger partial charge in [0.2, 0.25) is 10.0 Å². The van der Waals surface area contributed by atoms with Gasteiger partial charge in [-0.05, 0) is 12.1 Å². The van der Waals surface area contributed by atoms with Crippen LogP contribution in [0.4, 0.5) is 0 Å². The van der Waals surface area contributed by atoms with Gasteiger partial charge in [-0.1, -0.05) is 23.2 Å². The number of carboxylic acid groups (broad SMARTS) is 1. The summed E-state index contributed by atoms with van der Waals surface area (Å²) in [6, 6.07) is 2.10. The molecule has 23 heavy (non-hydrogen) atoms. The van der Waals surface area contributed by atoms with Gasteiger partial charge in [0.05, 0.1) is 14.9 Å². The number of hydrogen-bond acceptors (Lipinski definition) is 5. The molecule has 1 amide bonds. The normalized spacial score (nSPS) is 11.1. The first-order valence-electron chi connectivity index (χ1n) is 6.08. The predicted octanol–water partition coefficient (Wildman–Crippen LogP) is 0.823. The molecule has 0 aliphatic rings. The van der Waals surface area contributed by atoms with E-state index in [4.69, 9.17) is 33.0 Å². The number of rotatable bonds is 7. The molecular formula is C12H14Cl2N2O6S. The minimum atomic E-state index is -4.09. The Kier molecular flexibility index (Phi) is 6.63. The number of ether oxygens (including phenoxy) is 1. The molecule has 0 atom stereocenters. The smallest absolute Gasteiger partial charge is 0.318 e. The minimum absolute atomic E-state index is 0.0410. The average Bonchev–Trinajstić information content (AvgIpc) is 2.43. The summed E-state index contributed by atoms with van der Waals surface area (Å²) in [5.74, 6) is -1.72. The molecule has 0 spiro atoms. The third kappa shape index (κ3) is 5.54. The van der Waals surface area contributed by atoms with E-state index in [1.807, 2.05) is 4.72 Å². The molecule has 128 valence electrons. The van der Waals surface area contributed by atoms with Crippen LogP contribution in [0.1, 0.15) is 0 Å². The number of hydrogen-bond donors (Lipinski definition) is 2. The minimum Gasteiger partial charge on any atom is -0.481 e. The van der Waals surface area contributed by atoms with Crippen molar-refractivity contribution in [3.8, 4) is 5.75 Å². The third-order valence-corrected chi connectivity index (χ3v) is 4.48. The molecule has 8 nitrogen and oxygen atoms in total. The van der Waals surface area contributed by atoms with E-state index in [1.165, 1.54) is 4.90 Å². The lowest BCUT2D eigenvalue weighted by molar-refractivity contribution is -0.135. The van der Waals surface area contributed by atoms with E-state index in [0.717, 1.165) is 12.1 Å². The van der Waals surface area contributed by atoms with Crippen molar-refractivity contribution in [2.75, 3.05) is 27.2 Å². The van der Waals surface area contributed by atoms with Gasteiger partial charge in [0.15, 0.2) is 12.4 Å². The number of benzene rings is 1. The van der Waals surface area contributed by atoms with Crippen LogP contribution in [0.2, 0.25) is 10.0 Å². The Morgan fingerprint density at radius 3 is 2.22 bits per heavy atom. The average molecular weight is 385 g/mol. The summed E-state index contributed by atoms with van der Waals surface area (Å²) >= 11 is 11.8. The highest BCUT2D eigenvalue weighted by atomic mass is 35.5. The van der Waals surface area contributed by atoms with Gasteiger partial charge in [0.1, 0.15) is 6.54 Å². The van der Waals surface area contributed by atoms with E-state index in [0.29, 0.717) is 0 Å². The van der Waals surface area contributed by atoms with Gasteiger partial charge in [-0.15, -0.1) is 0 Å². The van der Waals surface area contributed by atoms with Crippen LogP contribution in [0.5, 0.6) is 5.75 Å². The highest BCUT2D eigenvalue weighted by Crippen LogP contribution is 2.35. The number of carboxylic acids is 1. The quantitative estimate of drug-likeness (QED) is 0.719. The Hall–Kier alpha value is -1.55. The standard InChI is InChI=1S/C12H14Cl2N2O6S/c1-16(2)10(17)6-22-12-8(13)3-7(4-9(12)14)23(20,21)15-5-11(18)19/h3-4,15H,5-6H2,1-2H3,(H,18,19). The van der Waals surface area contributed by atoms with Crippen LogP contribution < -0.4 is 9.46 Å². The molecule has 1 aromatic carbocycles. The number of carbonyl (C=O) groups excluding carboxylic acids is 1. The first-order valence-corrected chi connectivity index (χ1v) is 8.32. The van der Waals surface area contributed by atoms with Crippen molar-refractivity contribution in [2.24, 2.45) is 0 Å². The zero-order valence-electron chi connectivity index (χ0n) is 12.2. The Balaban J connectivity index is 3.01. The number of nitrogens with one attached hydrogen (secondary N) is 1. The van der Waals surface area contributed by atoms with Crippen LogP contribution in [0.15, 0.2) is 17.0 Å². The Morgan fingerprint density at radius 2 is 1.78 bits per heavy atom. The number of sulfonamides is 1. The summed E-state index contributed by atoms with van der Waals surface area (Å²) in [6.45, 7) is -1.11. The lowest BCUT2D eigenvalue weighted by Crippen LogP contribution is -2.29. The maximum absolute atomic E-state index is 11.9. The Bertz CT molecular complexity index is 697. The lowest BCUT2D eigenvalue weighted by atomic mass is 10.3. The molecule has 0 saturated carbocycles. The van der Waals surface area contributed by atoms with Crippen LogP contribution in [-0.2, 0) is 19.6 Å². The molecule has 1 rings (SSSR count). The van der Waals surface area contributed by atoms with Gasteiger partial charge in [-0.3, -0.25) is 9.59 Å². The summed E-state index contributed by atoms with van der Waals surface area (Å²) in [6.07, 6.45) is 0.